The first-order chi connectivity index (χ1) is 12.1. The average molecular weight is 379 g/mol. The maximum absolute atomic E-state index is 13.9. The Hall–Kier alpha value is -2.81. The first kappa shape index (κ1) is 18.0. The molecule has 2 N–H and O–H groups in total. The molecule has 2 aromatic carbocycles. The minimum absolute atomic E-state index is 0.0307. The maximum Gasteiger partial charge on any atom is 0.244 e. The minimum Gasteiger partial charge on any atom is -0.368 e. The third-order valence-corrected chi connectivity index (χ3v) is 6.01. The molecule has 0 aliphatic rings. The van der Waals surface area contributed by atoms with Crippen molar-refractivity contribution in [2.75, 3.05) is 5.73 Å². The van der Waals surface area contributed by atoms with Crippen LogP contribution in [0.5, 0.6) is 0 Å². The molecule has 3 rings (SSSR count). The molecule has 0 unspecified atom stereocenters. The highest BCUT2D eigenvalue weighted by Crippen LogP contribution is 2.25. The van der Waals surface area contributed by atoms with E-state index in [0.29, 0.717) is 6.07 Å². The highest BCUT2D eigenvalue weighted by Gasteiger charge is 2.25. The highest BCUT2D eigenvalue weighted by molar-refractivity contribution is 7.90. The summed E-state index contributed by atoms with van der Waals surface area (Å²) in [5, 5.41) is -0.767. The van der Waals surface area contributed by atoms with Gasteiger partial charge in [0.05, 0.1) is 21.8 Å². The van der Waals surface area contributed by atoms with Crippen LogP contribution in [0.3, 0.4) is 0 Å². The van der Waals surface area contributed by atoms with Gasteiger partial charge in [-0.15, -0.1) is 0 Å². The molecule has 3 aromatic rings. The molecule has 9 heteroatoms. The number of halogens is 2. The van der Waals surface area contributed by atoms with Crippen LogP contribution in [0.4, 0.5) is 14.7 Å². The quantitative estimate of drug-likeness (QED) is 0.703. The number of ketones is 1. The van der Waals surface area contributed by atoms with E-state index < -0.39 is 32.7 Å². The largest absolute Gasteiger partial charge is 0.368 e. The van der Waals surface area contributed by atoms with Gasteiger partial charge in [0.25, 0.3) is 0 Å². The van der Waals surface area contributed by atoms with Crippen LogP contribution in [-0.4, -0.2) is 28.4 Å². The van der Waals surface area contributed by atoms with Gasteiger partial charge in [0.15, 0.2) is 5.78 Å². The normalized spacial score (nSPS) is 12.0. The van der Waals surface area contributed by atoms with Gasteiger partial charge in [-0.25, -0.2) is 26.2 Å². The van der Waals surface area contributed by atoms with Gasteiger partial charge < -0.3 is 5.73 Å². The molecule has 0 fully saturated rings. The lowest BCUT2D eigenvalue weighted by molar-refractivity contribution is 0.103. The summed E-state index contributed by atoms with van der Waals surface area (Å²) in [5.74, 6) is -2.75. The number of rotatable bonds is 4. The molecule has 0 saturated heterocycles. The molecule has 1 heterocycles. The van der Waals surface area contributed by atoms with Gasteiger partial charge in [0.1, 0.15) is 11.6 Å². The molecule has 1 aromatic heterocycles. The summed E-state index contributed by atoms with van der Waals surface area (Å²) in [6.45, 7) is 2.98. The molecule has 26 heavy (non-hydrogen) atoms. The SMILES string of the molecule is CC(C)S(=O)(=O)n1c(N)nc2ccc(C(=O)c3ccc(F)cc3F)cc21. The Morgan fingerprint density at radius 2 is 1.85 bits per heavy atom. The summed E-state index contributed by atoms with van der Waals surface area (Å²) in [5.41, 5.74) is 5.85. The fraction of sp³-hybridized carbons (Fsp3) is 0.176. The number of anilines is 1. The third-order valence-electron chi connectivity index (χ3n) is 3.93. The van der Waals surface area contributed by atoms with Gasteiger partial charge in [0, 0.05) is 11.6 Å². The zero-order chi connectivity index (χ0) is 19.2. The lowest BCUT2D eigenvalue weighted by Crippen LogP contribution is -2.23. The number of nitrogens with zero attached hydrogens (tertiary/aromatic N) is 2. The first-order valence-corrected chi connectivity index (χ1v) is 9.15. The Morgan fingerprint density at radius 1 is 1.15 bits per heavy atom. The molecule has 6 nitrogen and oxygen atoms in total. The molecule has 0 spiro atoms. The number of aromatic nitrogens is 2. The lowest BCUT2D eigenvalue weighted by Gasteiger charge is -2.11. The van der Waals surface area contributed by atoms with E-state index in [1.54, 1.807) is 0 Å². The van der Waals surface area contributed by atoms with Gasteiger partial charge >= 0.3 is 0 Å². The number of hydrogen-bond acceptors (Lipinski definition) is 5. The number of hydrogen-bond donors (Lipinski definition) is 1. The topological polar surface area (TPSA) is 95.1 Å². The smallest absolute Gasteiger partial charge is 0.244 e. The van der Waals surface area contributed by atoms with Crippen molar-refractivity contribution in [1.82, 2.24) is 8.96 Å². The van der Waals surface area contributed by atoms with Crippen LogP contribution in [0.1, 0.15) is 29.8 Å². The van der Waals surface area contributed by atoms with Crippen LogP contribution in [-0.2, 0) is 10.0 Å². The summed E-state index contributed by atoms with van der Waals surface area (Å²) in [7, 11) is -3.82. The average Bonchev–Trinajstić information content (AvgIpc) is 2.89. The Morgan fingerprint density at radius 3 is 2.46 bits per heavy atom. The van der Waals surface area contributed by atoms with E-state index in [-0.39, 0.29) is 28.1 Å². The Balaban J connectivity index is 2.19. The standard InChI is InChI=1S/C17H15F2N3O3S/c1-9(2)26(24,25)22-15-7-10(3-6-14(15)21-17(22)20)16(23)12-5-4-11(18)8-13(12)19/h3-9H,1-2H3,(H2,20,21). The molecular weight excluding hydrogens is 364 g/mol. The second kappa shape index (κ2) is 6.17. The minimum atomic E-state index is -3.82. The maximum atomic E-state index is 13.9. The van der Waals surface area contributed by atoms with Crippen LogP contribution in [0, 0.1) is 11.6 Å². The van der Waals surface area contributed by atoms with Crippen LogP contribution >= 0.6 is 0 Å². The number of carbonyl (C=O) groups is 1. The van der Waals surface area contributed by atoms with Crippen molar-refractivity contribution in [3.8, 4) is 0 Å². The van der Waals surface area contributed by atoms with E-state index in [9.17, 15) is 22.0 Å². The second-order valence-electron chi connectivity index (χ2n) is 5.98. The van der Waals surface area contributed by atoms with Crippen LogP contribution in [0.15, 0.2) is 36.4 Å². The van der Waals surface area contributed by atoms with E-state index in [1.807, 2.05) is 0 Å². The van der Waals surface area contributed by atoms with Crippen molar-refractivity contribution in [3.05, 3.63) is 59.2 Å². The monoisotopic (exact) mass is 379 g/mol. The third kappa shape index (κ3) is 2.84. The van der Waals surface area contributed by atoms with Gasteiger partial charge in [-0.05, 0) is 44.2 Å². The highest BCUT2D eigenvalue weighted by atomic mass is 32.2. The predicted octanol–water partition coefficient (Wildman–Crippen LogP) is 2.71. The van der Waals surface area contributed by atoms with Crippen molar-refractivity contribution in [1.29, 1.82) is 0 Å². The lowest BCUT2D eigenvalue weighted by atomic mass is 10.0. The van der Waals surface area contributed by atoms with Crippen molar-refractivity contribution in [2.24, 2.45) is 0 Å². The van der Waals surface area contributed by atoms with E-state index in [1.165, 1.54) is 32.0 Å². The Kier molecular flexibility index (Phi) is 4.27. The van der Waals surface area contributed by atoms with Gasteiger partial charge in [-0.3, -0.25) is 4.79 Å². The molecule has 0 atom stereocenters. The van der Waals surface area contributed by atoms with Gasteiger partial charge in [0.2, 0.25) is 16.0 Å². The molecule has 0 radical (unpaired) electrons. The summed E-state index contributed by atoms with van der Waals surface area (Å²) in [6, 6.07) is 6.70. The van der Waals surface area contributed by atoms with E-state index >= 15 is 0 Å². The van der Waals surface area contributed by atoms with Crippen LogP contribution in [0.2, 0.25) is 0 Å². The van der Waals surface area contributed by atoms with E-state index in [4.69, 9.17) is 5.73 Å². The number of nitrogen functional groups attached to an aromatic ring is 1. The molecule has 136 valence electrons. The molecule has 0 aliphatic carbocycles. The van der Waals surface area contributed by atoms with Crippen molar-refractivity contribution in [3.63, 3.8) is 0 Å². The van der Waals surface area contributed by atoms with Crippen LogP contribution in [0.25, 0.3) is 11.0 Å². The van der Waals surface area contributed by atoms with Crippen molar-refractivity contribution >= 4 is 32.8 Å². The molecule has 0 aliphatic heterocycles. The van der Waals surface area contributed by atoms with Gasteiger partial charge in [-0.2, -0.15) is 0 Å². The van der Waals surface area contributed by atoms with Crippen molar-refractivity contribution < 1.29 is 22.0 Å². The Bertz CT molecular complexity index is 1140. The number of nitrogens with two attached hydrogens (primary N) is 1. The fourth-order valence-corrected chi connectivity index (χ4v) is 3.67. The second-order valence-corrected chi connectivity index (χ2v) is 8.32. The number of carbonyl (C=O) groups excluding carboxylic acids is 1. The van der Waals surface area contributed by atoms with E-state index in [2.05, 4.69) is 4.98 Å². The summed E-state index contributed by atoms with van der Waals surface area (Å²) in [6.07, 6.45) is 0. The first-order valence-electron chi connectivity index (χ1n) is 7.65. The summed E-state index contributed by atoms with van der Waals surface area (Å²) >= 11 is 0. The molecule has 0 amide bonds. The number of fused-ring (bicyclic) bond motifs is 1. The number of imidazole rings is 1. The molecular formula is C17H15F2N3O3S. The van der Waals surface area contributed by atoms with Gasteiger partial charge in [-0.1, -0.05) is 0 Å². The molecule has 0 saturated carbocycles. The zero-order valence-electron chi connectivity index (χ0n) is 13.9. The summed E-state index contributed by atoms with van der Waals surface area (Å²) in [4.78, 5) is 16.5. The van der Waals surface area contributed by atoms with Crippen LogP contribution < -0.4 is 5.73 Å². The molecule has 0 bridgehead atoms. The fourth-order valence-electron chi connectivity index (χ4n) is 2.52. The number of benzene rings is 2. The van der Waals surface area contributed by atoms with E-state index in [0.717, 1.165) is 16.1 Å². The summed E-state index contributed by atoms with van der Waals surface area (Å²) < 4.78 is 52.8. The predicted molar refractivity (Wildman–Crippen MR) is 93.4 cm³/mol. The zero-order valence-corrected chi connectivity index (χ0v) is 14.7. The Labute approximate surface area is 148 Å². The van der Waals surface area contributed by atoms with Crippen molar-refractivity contribution in [2.45, 2.75) is 19.1 Å².